The van der Waals surface area contributed by atoms with E-state index in [0.717, 1.165) is 30.5 Å². The molecule has 2 aromatic rings. The molecule has 0 unspecified atom stereocenters. The van der Waals surface area contributed by atoms with Gasteiger partial charge in [0.2, 0.25) is 5.91 Å². The Morgan fingerprint density at radius 3 is 2.76 bits per heavy atom. The molecule has 2 N–H and O–H groups in total. The maximum atomic E-state index is 14.4. The number of hydrogen-bond donors (Lipinski definition) is 2. The third kappa shape index (κ3) is 4.09. The van der Waals surface area contributed by atoms with Crippen molar-refractivity contribution in [2.24, 2.45) is 0 Å². The minimum atomic E-state index is -0.536. The standard InChI is InChI=1S/C22H26FN3O2.ClH/c1-4-28-15-5-6-17(23)16(12-15)14-8-10-24-19(11-14)18-7-9-22(25-18)13-21(2,3)26-20(22)27;/h5-6,8,10-12,18,25H,4,7,9,13H2,1-3H3,(H,26,27);1H/t18-,22+;/m0./s1. The molecule has 5 nitrogen and oxygen atoms in total. The van der Waals surface area contributed by atoms with Crippen LogP contribution in [0.4, 0.5) is 4.39 Å². The number of nitrogens with one attached hydrogen (secondary N) is 2. The number of amides is 1. The topological polar surface area (TPSA) is 63.2 Å². The van der Waals surface area contributed by atoms with Gasteiger partial charge in [-0.1, -0.05) is 0 Å². The van der Waals surface area contributed by atoms with Gasteiger partial charge in [-0.3, -0.25) is 15.1 Å². The van der Waals surface area contributed by atoms with E-state index in [4.69, 9.17) is 4.74 Å². The number of benzene rings is 1. The highest BCUT2D eigenvalue weighted by molar-refractivity contribution is 5.90. The van der Waals surface area contributed by atoms with Gasteiger partial charge in [-0.15, -0.1) is 12.4 Å². The number of halogens is 2. The summed E-state index contributed by atoms with van der Waals surface area (Å²) in [6.07, 6.45) is 4.04. The van der Waals surface area contributed by atoms with E-state index in [1.54, 1.807) is 24.4 Å². The molecule has 3 heterocycles. The van der Waals surface area contributed by atoms with E-state index in [1.165, 1.54) is 6.07 Å². The van der Waals surface area contributed by atoms with Crippen molar-refractivity contribution in [2.75, 3.05) is 6.61 Å². The van der Waals surface area contributed by atoms with E-state index in [0.29, 0.717) is 17.9 Å². The molecule has 2 aliphatic rings. The zero-order chi connectivity index (χ0) is 19.9. The Balaban J connectivity index is 0.00000240. The van der Waals surface area contributed by atoms with Gasteiger partial charge in [-0.2, -0.15) is 0 Å². The van der Waals surface area contributed by atoms with Crippen LogP contribution in [0.1, 0.15) is 51.8 Å². The number of pyridine rings is 1. The first-order valence-corrected chi connectivity index (χ1v) is 9.81. The van der Waals surface area contributed by atoms with Gasteiger partial charge in [-0.25, -0.2) is 4.39 Å². The molecule has 156 valence electrons. The molecule has 0 aliphatic carbocycles. The number of carbonyl (C=O) groups is 1. The molecule has 2 fully saturated rings. The monoisotopic (exact) mass is 419 g/mol. The highest BCUT2D eigenvalue weighted by Gasteiger charge is 2.54. The van der Waals surface area contributed by atoms with E-state index in [9.17, 15) is 9.18 Å². The zero-order valence-corrected chi connectivity index (χ0v) is 17.7. The van der Waals surface area contributed by atoms with Crippen LogP contribution < -0.4 is 15.4 Å². The van der Waals surface area contributed by atoms with Gasteiger partial charge in [0.05, 0.1) is 18.3 Å². The summed E-state index contributed by atoms with van der Waals surface area (Å²) in [5.41, 5.74) is 1.32. The summed E-state index contributed by atoms with van der Waals surface area (Å²) >= 11 is 0. The quantitative estimate of drug-likeness (QED) is 0.780. The lowest BCUT2D eigenvalue weighted by atomic mass is 9.88. The van der Waals surface area contributed by atoms with Crippen molar-refractivity contribution in [3.63, 3.8) is 0 Å². The molecule has 4 rings (SSSR count). The van der Waals surface area contributed by atoms with Crippen molar-refractivity contribution in [2.45, 2.75) is 57.2 Å². The van der Waals surface area contributed by atoms with Crippen LogP contribution in [0.5, 0.6) is 5.75 Å². The number of rotatable bonds is 4. The lowest BCUT2D eigenvalue weighted by Gasteiger charge is -2.24. The van der Waals surface area contributed by atoms with E-state index < -0.39 is 5.54 Å². The maximum Gasteiger partial charge on any atom is 0.240 e. The molecule has 29 heavy (non-hydrogen) atoms. The first kappa shape index (κ1) is 21.5. The van der Waals surface area contributed by atoms with E-state index in [-0.39, 0.29) is 35.7 Å². The Labute approximate surface area is 176 Å². The number of carbonyl (C=O) groups excluding carboxylic acids is 1. The van der Waals surface area contributed by atoms with Crippen LogP contribution >= 0.6 is 12.4 Å². The molecule has 0 radical (unpaired) electrons. The molecule has 2 saturated heterocycles. The number of aromatic nitrogens is 1. The minimum Gasteiger partial charge on any atom is -0.494 e. The van der Waals surface area contributed by atoms with Gasteiger partial charge in [0, 0.05) is 17.3 Å². The van der Waals surface area contributed by atoms with Crippen molar-refractivity contribution < 1.29 is 13.9 Å². The van der Waals surface area contributed by atoms with Crippen LogP contribution in [0.25, 0.3) is 11.1 Å². The summed E-state index contributed by atoms with van der Waals surface area (Å²) in [4.78, 5) is 17.1. The minimum absolute atomic E-state index is 0. The van der Waals surface area contributed by atoms with Crippen LogP contribution in [-0.4, -0.2) is 28.6 Å². The van der Waals surface area contributed by atoms with Crippen LogP contribution in [0, 0.1) is 5.82 Å². The molecular weight excluding hydrogens is 393 g/mol. The lowest BCUT2D eigenvalue weighted by molar-refractivity contribution is -0.124. The van der Waals surface area contributed by atoms with Crippen LogP contribution in [-0.2, 0) is 4.79 Å². The summed E-state index contributed by atoms with van der Waals surface area (Å²) in [6, 6.07) is 8.45. The second-order valence-electron chi connectivity index (χ2n) is 8.38. The molecule has 2 aliphatic heterocycles. The highest BCUT2D eigenvalue weighted by atomic mass is 35.5. The summed E-state index contributed by atoms with van der Waals surface area (Å²) < 4.78 is 19.9. The normalized spacial score (nSPS) is 25.0. The van der Waals surface area contributed by atoms with E-state index in [2.05, 4.69) is 15.6 Å². The summed E-state index contributed by atoms with van der Waals surface area (Å²) in [7, 11) is 0. The first-order chi connectivity index (χ1) is 13.3. The first-order valence-electron chi connectivity index (χ1n) is 9.81. The number of ether oxygens (including phenoxy) is 1. The fourth-order valence-electron chi connectivity index (χ4n) is 4.50. The average Bonchev–Trinajstić information content (AvgIpc) is 3.17. The Bertz CT molecular complexity index is 921. The van der Waals surface area contributed by atoms with E-state index >= 15 is 0 Å². The third-order valence-corrected chi connectivity index (χ3v) is 5.64. The smallest absolute Gasteiger partial charge is 0.240 e. The molecule has 0 bridgehead atoms. The van der Waals surface area contributed by atoms with Gasteiger partial charge in [0.25, 0.3) is 0 Å². The van der Waals surface area contributed by atoms with Crippen molar-refractivity contribution in [3.05, 3.63) is 48.0 Å². The average molecular weight is 420 g/mol. The lowest BCUT2D eigenvalue weighted by Crippen LogP contribution is -2.47. The van der Waals surface area contributed by atoms with Crippen molar-refractivity contribution in [3.8, 4) is 16.9 Å². The Kier molecular flexibility index (Phi) is 5.88. The largest absolute Gasteiger partial charge is 0.494 e. The molecule has 1 spiro atoms. The second kappa shape index (κ2) is 7.92. The molecule has 2 atom stereocenters. The van der Waals surface area contributed by atoms with Crippen LogP contribution in [0.2, 0.25) is 0 Å². The molecule has 1 aromatic carbocycles. The molecule has 1 aromatic heterocycles. The Morgan fingerprint density at radius 1 is 1.28 bits per heavy atom. The highest BCUT2D eigenvalue weighted by Crippen LogP contribution is 2.41. The third-order valence-electron chi connectivity index (χ3n) is 5.64. The molecule has 0 saturated carbocycles. The van der Waals surface area contributed by atoms with Crippen LogP contribution in [0.15, 0.2) is 36.5 Å². The van der Waals surface area contributed by atoms with E-state index in [1.807, 2.05) is 26.8 Å². The van der Waals surface area contributed by atoms with Gasteiger partial charge in [0.1, 0.15) is 17.1 Å². The van der Waals surface area contributed by atoms with Gasteiger partial charge < -0.3 is 10.1 Å². The van der Waals surface area contributed by atoms with Gasteiger partial charge in [-0.05, 0) is 75.9 Å². The second-order valence-corrected chi connectivity index (χ2v) is 8.38. The summed E-state index contributed by atoms with van der Waals surface area (Å²) in [6.45, 7) is 6.51. The molecule has 7 heteroatoms. The molecule has 1 amide bonds. The summed E-state index contributed by atoms with van der Waals surface area (Å²) in [5, 5.41) is 6.60. The predicted molar refractivity (Wildman–Crippen MR) is 113 cm³/mol. The predicted octanol–water partition coefficient (Wildman–Crippen LogP) is 4.17. The van der Waals surface area contributed by atoms with Crippen molar-refractivity contribution in [1.82, 2.24) is 15.6 Å². The Hall–Kier alpha value is -2.18. The number of nitrogens with zero attached hydrogens (tertiary/aromatic N) is 1. The maximum absolute atomic E-state index is 14.4. The fourth-order valence-corrected chi connectivity index (χ4v) is 4.50. The van der Waals surface area contributed by atoms with Crippen molar-refractivity contribution >= 4 is 18.3 Å². The van der Waals surface area contributed by atoms with Crippen molar-refractivity contribution in [1.29, 1.82) is 0 Å². The van der Waals surface area contributed by atoms with Gasteiger partial charge >= 0.3 is 0 Å². The Morgan fingerprint density at radius 2 is 2.07 bits per heavy atom. The zero-order valence-electron chi connectivity index (χ0n) is 16.9. The SMILES string of the molecule is CCOc1ccc(F)c(-c2ccnc([C@@H]3CC[C@]4(CC(C)(C)NC4=O)N3)c2)c1.Cl. The van der Waals surface area contributed by atoms with Gasteiger partial charge in [0.15, 0.2) is 0 Å². The number of hydrogen-bond acceptors (Lipinski definition) is 4. The summed E-state index contributed by atoms with van der Waals surface area (Å²) in [5.74, 6) is 0.403. The fraction of sp³-hybridized carbons (Fsp3) is 0.455. The molecular formula is C22H27ClFN3O2. The van der Waals surface area contributed by atoms with Crippen LogP contribution in [0.3, 0.4) is 0 Å².